The number of halogens is 3. The number of benzene rings is 1. The van der Waals surface area contributed by atoms with Crippen molar-refractivity contribution in [3.63, 3.8) is 0 Å². The summed E-state index contributed by atoms with van der Waals surface area (Å²) >= 11 is 0. The molecule has 0 radical (unpaired) electrons. The average Bonchev–Trinajstić information content (AvgIpc) is 3.50. The molecule has 0 fully saturated rings. The Bertz CT molecular complexity index is 1520. The molecule has 3 aromatic heterocycles. The van der Waals surface area contributed by atoms with Crippen LogP contribution in [-0.2, 0) is 19.6 Å². The van der Waals surface area contributed by atoms with Gasteiger partial charge in [0.25, 0.3) is 5.91 Å². The molecule has 9 nitrogen and oxygen atoms in total. The molecular formula is C28H32F3N7O2. The van der Waals surface area contributed by atoms with E-state index in [2.05, 4.69) is 39.6 Å². The summed E-state index contributed by atoms with van der Waals surface area (Å²) in [7, 11) is 3.20. The summed E-state index contributed by atoms with van der Waals surface area (Å²) < 4.78 is 49.9. The second kappa shape index (κ2) is 11.5. The van der Waals surface area contributed by atoms with Crippen LogP contribution in [0, 0.1) is 19.8 Å². The Morgan fingerprint density at radius 2 is 1.90 bits per heavy atom. The first kappa shape index (κ1) is 28.8. The van der Waals surface area contributed by atoms with Gasteiger partial charge in [-0.2, -0.15) is 18.3 Å². The lowest BCUT2D eigenvalue weighted by molar-refractivity contribution is -0.137. The van der Waals surface area contributed by atoms with Crippen LogP contribution in [-0.4, -0.2) is 42.8 Å². The van der Waals surface area contributed by atoms with Crippen LogP contribution in [0.3, 0.4) is 0 Å². The van der Waals surface area contributed by atoms with Gasteiger partial charge in [-0.15, -0.1) is 5.10 Å². The summed E-state index contributed by atoms with van der Waals surface area (Å²) in [6, 6.07) is 3.55. The highest BCUT2D eigenvalue weighted by atomic mass is 19.4. The SMILES string of the molecule is COc1c(CCCC(C)C)cc(C(F)(F)F)cc1NC(=O)c1cnc(C)c(-n2cc(-c3cnn(C)c3C)nn2)c1. The van der Waals surface area contributed by atoms with Crippen molar-refractivity contribution in [3.8, 4) is 22.7 Å². The number of hydrogen-bond donors (Lipinski definition) is 1. The second-order valence-corrected chi connectivity index (χ2v) is 10.1. The van der Waals surface area contributed by atoms with Gasteiger partial charge in [0.15, 0.2) is 0 Å². The lowest BCUT2D eigenvalue weighted by Crippen LogP contribution is -2.16. The summed E-state index contributed by atoms with van der Waals surface area (Å²) in [5.74, 6) is -0.0187. The van der Waals surface area contributed by atoms with Crippen molar-refractivity contribution in [2.45, 2.75) is 53.1 Å². The third-order valence-corrected chi connectivity index (χ3v) is 6.75. The smallest absolute Gasteiger partial charge is 0.416 e. The van der Waals surface area contributed by atoms with Crippen molar-refractivity contribution in [1.29, 1.82) is 0 Å². The number of carbonyl (C=O) groups excluding carboxylic acids is 1. The van der Waals surface area contributed by atoms with E-state index in [0.29, 0.717) is 41.4 Å². The molecular weight excluding hydrogens is 523 g/mol. The monoisotopic (exact) mass is 555 g/mol. The number of anilines is 1. The van der Waals surface area contributed by atoms with Crippen molar-refractivity contribution in [3.05, 3.63) is 64.9 Å². The molecule has 1 amide bonds. The highest BCUT2D eigenvalue weighted by Crippen LogP contribution is 2.39. The first-order valence-corrected chi connectivity index (χ1v) is 12.9. The highest BCUT2D eigenvalue weighted by molar-refractivity contribution is 6.05. The third-order valence-electron chi connectivity index (χ3n) is 6.75. The minimum atomic E-state index is -4.59. The molecule has 0 aliphatic carbocycles. The van der Waals surface area contributed by atoms with Gasteiger partial charge in [0.2, 0.25) is 0 Å². The van der Waals surface area contributed by atoms with Crippen LogP contribution in [0.5, 0.6) is 5.75 Å². The zero-order valence-corrected chi connectivity index (χ0v) is 23.3. The van der Waals surface area contributed by atoms with E-state index >= 15 is 0 Å². The Morgan fingerprint density at radius 3 is 2.52 bits per heavy atom. The van der Waals surface area contributed by atoms with Crippen LogP contribution >= 0.6 is 0 Å². The van der Waals surface area contributed by atoms with E-state index in [1.54, 1.807) is 30.1 Å². The lowest BCUT2D eigenvalue weighted by atomic mass is 9.99. The number of aromatic nitrogens is 6. The number of nitrogens with zero attached hydrogens (tertiary/aromatic N) is 6. The fourth-order valence-electron chi connectivity index (χ4n) is 4.40. The van der Waals surface area contributed by atoms with Crippen LogP contribution in [0.25, 0.3) is 16.9 Å². The number of carbonyl (C=O) groups is 1. The van der Waals surface area contributed by atoms with Crippen LogP contribution in [0.1, 0.15) is 59.6 Å². The molecule has 0 saturated carbocycles. The molecule has 0 aliphatic rings. The number of amides is 1. The van der Waals surface area contributed by atoms with Gasteiger partial charge in [0.05, 0.1) is 47.7 Å². The normalized spacial score (nSPS) is 11.8. The molecule has 12 heteroatoms. The Hall–Kier alpha value is -4.22. The van der Waals surface area contributed by atoms with Crippen molar-refractivity contribution in [1.82, 2.24) is 29.8 Å². The molecule has 4 aromatic rings. The minimum Gasteiger partial charge on any atom is -0.494 e. The number of hydrogen-bond acceptors (Lipinski definition) is 6. The van der Waals surface area contributed by atoms with E-state index in [1.807, 2.05) is 14.0 Å². The van der Waals surface area contributed by atoms with E-state index in [0.717, 1.165) is 29.8 Å². The van der Waals surface area contributed by atoms with E-state index in [-0.39, 0.29) is 17.0 Å². The summed E-state index contributed by atoms with van der Waals surface area (Å²) in [5.41, 5.74) is 3.01. The van der Waals surface area contributed by atoms with Gasteiger partial charge in [-0.3, -0.25) is 14.5 Å². The van der Waals surface area contributed by atoms with Gasteiger partial charge >= 0.3 is 6.18 Å². The fourth-order valence-corrected chi connectivity index (χ4v) is 4.40. The summed E-state index contributed by atoms with van der Waals surface area (Å²) in [5, 5.41) is 15.3. The largest absolute Gasteiger partial charge is 0.494 e. The van der Waals surface area contributed by atoms with Crippen molar-refractivity contribution in [2.24, 2.45) is 13.0 Å². The summed E-state index contributed by atoms with van der Waals surface area (Å²) in [6.45, 7) is 7.78. The lowest BCUT2D eigenvalue weighted by Gasteiger charge is -2.18. The molecule has 212 valence electrons. The van der Waals surface area contributed by atoms with E-state index in [9.17, 15) is 18.0 Å². The summed E-state index contributed by atoms with van der Waals surface area (Å²) in [4.78, 5) is 17.6. The third kappa shape index (κ3) is 6.16. The zero-order chi connectivity index (χ0) is 29.2. The van der Waals surface area contributed by atoms with Gasteiger partial charge < -0.3 is 10.1 Å². The van der Waals surface area contributed by atoms with Crippen LogP contribution < -0.4 is 10.1 Å². The average molecular weight is 556 g/mol. The maximum absolute atomic E-state index is 13.7. The molecule has 0 aliphatic heterocycles. The number of methoxy groups -OCH3 is 1. The first-order chi connectivity index (χ1) is 18.9. The van der Waals surface area contributed by atoms with Crippen LogP contribution in [0.4, 0.5) is 18.9 Å². The van der Waals surface area contributed by atoms with Crippen molar-refractivity contribution in [2.75, 3.05) is 12.4 Å². The predicted octanol–water partition coefficient (Wildman–Crippen LogP) is 5.94. The summed E-state index contributed by atoms with van der Waals surface area (Å²) in [6.07, 6.45) is 2.09. The first-order valence-electron chi connectivity index (χ1n) is 12.9. The molecule has 0 unspecified atom stereocenters. The fraction of sp³-hybridized carbons (Fsp3) is 0.393. The van der Waals surface area contributed by atoms with Gasteiger partial charge in [0.1, 0.15) is 11.4 Å². The Balaban J connectivity index is 1.65. The molecule has 40 heavy (non-hydrogen) atoms. The van der Waals surface area contributed by atoms with Gasteiger partial charge in [-0.1, -0.05) is 25.5 Å². The second-order valence-electron chi connectivity index (χ2n) is 10.1. The standard InChI is InChI=1S/C28H32F3N7O2/c1-16(2)8-7-9-19-10-21(28(29,30)31)12-23(26(19)40-6)34-27(39)20-11-25(17(3)32-13-20)38-15-24(35-36-38)22-14-33-37(5)18(22)4/h10-16H,7-9H2,1-6H3,(H,34,39). The molecule has 1 aromatic carbocycles. The maximum atomic E-state index is 13.7. The van der Waals surface area contributed by atoms with Crippen molar-refractivity contribution >= 4 is 11.6 Å². The Morgan fingerprint density at radius 1 is 1.15 bits per heavy atom. The number of rotatable bonds is 9. The number of ether oxygens (including phenoxy) is 1. The quantitative estimate of drug-likeness (QED) is 0.275. The number of alkyl halides is 3. The molecule has 4 rings (SSSR count). The van der Waals surface area contributed by atoms with Gasteiger partial charge in [-0.05, 0) is 56.4 Å². The van der Waals surface area contributed by atoms with Crippen LogP contribution in [0.15, 0.2) is 36.8 Å². The highest BCUT2D eigenvalue weighted by Gasteiger charge is 2.33. The van der Waals surface area contributed by atoms with E-state index in [4.69, 9.17) is 4.74 Å². The predicted molar refractivity (Wildman–Crippen MR) is 145 cm³/mol. The molecule has 0 atom stereocenters. The molecule has 0 saturated heterocycles. The molecule has 3 heterocycles. The molecule has 0 spiro atoms. The van der Waals surface area contributed by atoms with E-state index in [1.165, 1.54) is 18.0 Å². The number of pyridine rings is 1. The van der Waals surface area contributed by atoms with Gasteiger partial charge in [0, 0.05) is 24.5 Å². The number of nitrogens with one attached hydrogen (secondary N) is 1. The Labute approximate surface area is 230 Å². The van der Waals surface area contributed by atoms with E-state index < -0.39 is 17.6 Å². The zero-order valence-electron chi connectivity index (χ0n) is 23.3. The minimum absolute atomic E-state index is 0.0564. The molecule has 1 N–H and O–H groups in total. The number of aryl methyl sites for hydroxylation is 3. The van der Waals surface area contributed by atoms with Crippen molar-refractivity contribution < 1.29 is 22.7 Å². The van der Waals surface area contributed by atoms with Gasteiger partial charge in [-0.25, -0.2) is 4.68 Å². The Kier molecular flexibility index (Phi) is 8.26. The topological polar surface area (TPSA) is 99.8 Å². The molecule has 0 bridgehead atoms. The van der Waals surface area contributed by atoms with Crippen LogP contribution in [0.2, 0.25) is 0 Å². The maximum Gasteiger partial charge on any atom is 0.416 e.